The lowest BCUT2D eigenvalue weighted by molar-refractivity contribution is 0.881. The van der Waals surface area contributed by atoms with E-state index in [9.17, 15) is 0 Å². The van der Waals surface area contributed by atoms with Crippen molar-refractivity contribution in [3.05, 3.63) is 53.2 Å². The smallest absolute Gasteiger partial charge is 0.200 e. The minimum absolute atomic E-state index is 0.510. The average Bonchev–Trinajstić information content (AvgIpc) is 2.73. The fourth-order valence-corrected chi connectivity index (χ4v) is 1.85. The SMILES string of the molecule is S=c1[nH]c2cccnc2n1N=Cc1ccccn1. The number of hydrogen-bond donors (Lipinski definition) is 1. The summed E-state index contributed by atoms with van der Waals surface area (Å²) in [6.07, 6.45) is 5.07. The van der Waals surface area contributed by atoms with Gasteiger partial charge in [0.05, 0.1) is 17.4 Å². The van der Waals surface area contributed by atoms with Gasteiger partial charge >= 0.3 is 0 Å². The molecule has 5 nitrogen and oxygen atoms in total. The van der Waals surface area contributed by atoms with Gasteiger partial charge in [0.2, 0.25) is 4.77 Å². The zero-order valence-corrected chi connectivity index (χ0v) is 10.1. The second kappa shape index (κ2) is 4.50. The third-order valence-corrected chi connectivity index (χ3v) is 2.69. The van der Waals surface area contributed by atoms with Crippen LogP contribution in [0, 0.1) is 4.77 Å². The summed E-state index contributed by atoms with van der Waals surface area (Å²) in [7, 11) is 0. The molecule has 0 aromatic carbocycles. The quantitative estimate of drug-likeness (QED) is 0.565. The molecule has 0 unspecified atom stereocenters. The van der Waals surface area contributed by atoms with Crippen LogP contribution in [0.5, 0.6) is 0 Å². The van der Waals surface area contributed by atoms with Gasteiger partial charge < -0.3 is 4.98 Å². The first-order chi connectivity index (χ1) is 8.84. The number of rotatable bonds is 2. The van der Waals surface area contributed by atoms with Crippen LogP contribution in [0.3, 0.4) is 0 Å². The zero-order chi connectivity index (χ0) is 12.4. The second-order valence-electron chi connectivity index (χ2n) is 3.62. The van der Waals surface area contributed by atoms with Crippen LogP contribution < -0.4 is 0 Å². The number of H-pyrrole nitrogens is 1. The van der Waals surface area contributed by atoms with Crippen molar-refractivity contribution in [1.82, 2.24) is 19.6 Å². The molecule has 0 atom stereocenters. The summed E-state index contributed by atoms with van der Waals surface area (Å²) in [6.45, 7) is 0. The van der Waals surface area contributed by atoms with Gasteiger partial charge in [-0.25, -0.2) is 4.98 Å². The lowest BCUT2D eigenvalue weighted by Gasteiger charge is -1.94. The lowest BCUT2D eigenvalue weighted by atomic mass is 10.4. The maximum atomic E-state index is 5.20. The van der Waals surface area contributed by atoms with Crippen molar-refractivity contribution in [3.63, 3.8) is 0 Å². The highest BCUT2D eigenvalue weighted by atomic mass is 32.1. The van der Waals surface area contributed by atoms with Crippen LogP contribution in [0.2, 0.25) is 0 Å². The van der Waals surface area contributed by atoms with Gasteiger partial charge in [0, 0.05) is 12.4 Å². The van der Waals surface area contributed by atoms with Crippen molar-refractivity contribution in [3.8, 4) is 0 Å². The molecule has 0 saturated heterocycles. The maximum Gasteiger partial charge on any atom is 0.200 e. The fraction of sp³-hybridized carbons (Fsp3) is 0. The number of nitrogens with zero attached hydrogens (tertiary/aromatic N) is 4. The molecule has 0 radical (unpaired) electrons. The number of imidazole rings is 1. The minimum atomic E-state index is 0.510. The Kier molecular flexibility index (Phi) is 2.70. The Labute approximate surface area is 108 Å². The molecular formula is C12H9N5S. The van der Waals surface area contributed by atoms with Gasteiger partial charge in [-0.05, 0) is 36.5 Å². The fourth-order valence-electron chi connectivity index (χ4n) is 1.60. The summed E-state index contributed by atoms with van der Waals surface area (Å²) >= 11 is 5.20. The summed E-state index contributed by atoms with van der Waals surface area (Å²) in [6, 6.07) is 9.39. The van der Waals surface area contributed by atoms with E-state index in [2.05, 4.69) is 20.1 Å². The Morgan fingerprint density at radius 3 is 2.89 bits per heavy atom. The monoisotopic (exact) mass is 255 g/mol. The van der Waals surface area contributed by atoms with E-state index < -0.39 is 0 Å². The first-order valence-corrected chi connectivity index (χ1v) is 5.76. The van der Waals surface area contributed by atoms with Crippen molar-refractivity contribution in [2.45, 2.75) is 0 Å². The largest absolute Gasteiger partial charge is 0.328 e. The molecule has 0 aliphatic heterocycles. The number of aromatic nitrogens is 4. The lowest BCUT2D eigenvalue weighted by Crippen LogP contribution is -1.93. The van der Waals surface area contributed by atoms with Crippen molar-refractivity contribution < 1.29 is 0 Å². The predicted molar refractivity (Wildman–Crippen MR) is 72.1 cm³/mol. The van der Waals surface area contributed by atoms with E-state index in [1.54, 1.807) is 23.3 Å². The van der Waals surface area contributed by atoms with Crippen LogP contribution in [0.1, 0.15) is 5.69 Å². The van der Waals surface area contributed by atoms with Gasteiger partial charge in [0.1, 0.15) is 0 Å². The molecule has 0 bridgehead atoms. The Morgan fingerprint density at radius 1 is 1.17 bits per heavy atom. The highest BCUT2D eigenvalue weighted by molar-refractivity contribution is 7.71. The van der Waals surface area contributed by atoms with Gasteiger partial charge in [-0.15, -0.1) is 0 Å². The molecule has 0 fully saturated rings. The molecule has 0 saturated carbocycles. The van der Waals surface area contributed by atoms with Crippen molar-refractivity contribution in [1.29, 1.82) is 0 Å². The molecule has 3 aromatic rings. The Morgan fingerprint density at radius 2 is 2.06 bits per heavy atom. The first kappa shape index (κ1) is 10.8. The molecule has 3 aromatic heterocycles. The highest BCUT2D eigenvalue weighted by Crippen LogP contribution is 2.09. The molecule has 1 N–H and O–H groups in total. The van der Waals surface area contributed by atoms with Gasteiger partial charge in [0.25, 0.3) is 0 Å². The van der Waals surface area contributed by atoms with Crippen LogP contribution in [0.25, 0.3) is 11.2 Å². The second-order valence-corrected chi connectivity index (χ2v) is 4.00. The van der Waals surface area contributed by atoms with Crippen molar-refractivity contribution in [2.24, 2.45) is 5.10 Å². The van der Waals surface area contributed by atoms with Gasteiger partial charge in [0.15, 0.2) is 5.65 Å². The number of hydrogen-bond acceptors (Lipinski definition) is 4. The standard InChI is InChI=1S/C12H9N5S/c18-12-16-10-5-3-7-14-11(10)17(12)15-8-9-4-1-2-6-13-9/h1-8H,(H,16,18). The molecule has 6 heteroatoms. The maximum absolute atomic E-state index is 5.20. The predicted octanol–water partition coefficient (Wildman–Crippen LogP) is 2.37. The molecule has 0 amide bonds. The molecule has 88 valence electrons. The van der Waals surface area contributed by atoms with Crippen LogP contribution in [-0.2, 0) is 0 Å². The number of nitrogens with one attached hydrogen (secondary N) is 1. The first-order valence-electron chi connectivity index (χ1n) is 5.36. The average molecular weight is 255 g/mol. The Balaban J connectivity index is 2.08. The van der Waals surface area contributed by atoms with Crippen LogP contribution >= 0.6 is 12.2 Å². The highest BCUT2D eigenvalue weighted by Gasteiger charge is 2.02. The zero-order valence-electron chi connectivity index (χ0n) is 9.32. The van der Waals surface area contributed by atoms with E-state index in [1.807, 2.05) is 30.3 Å². The third-order valence-electron chi connectivity index (χ3n) is 2.41. The van der Waals surface area contributed by atoms with E-state index in [-0.39, 0.29) is 0 Å². The number of fused-ring (bicyclic) bond motifs is 1. The van der Waals surface area contributed by atoms with E-state index in [0.29, 0.717) is 10.4 Å². The molecule has 0 aliphatic rings. The molecule has 0 aliphatic carbocycles. The van der Waals surface area contributed by atoms with Crippen LogP contribution in [-0.4, -0.2) is 25.8 Å². The van der Waals surface area contributed by atoms with Crippen molar-refractivity contribution in [2.75, 3.05) is 0 Å². The minimum Gasteiger partial charge on any atom is -0.328 e. The summed E-state index contributed by atoms with van der Waals surface area (Å²) < 4.78 is 2.09. The van der Waals surface area contributed by atoms with Gasteiger partial charge in [-0.2, -0.15) is 9.78 Å². The van der Waals surface area contributed by atoms with Crippen LogP contribution in [0.15, 0.2) is 47.8 Å². The summed E-state index contributed by atoms with van der Waals surface area (Å²) in [5.41, 5.74) is 2.33. The summed E-state index contributed by atoms with van der Waals surface area (Å²) in [5.74, 6) is 0. The van der Waals surface area contributed by atoms with E-state index in [0.717, 1.165) is 11.2 Å². The molecular weight excluding hydrogens is 246 g/mol. The third kappa shape index (κ3) is 1.93. The molecule has 0 spiro atoms. The van der Waals surface area contributed by atoms with E-state index in [1.165, 1.54) is 0 Å². The summed E-state index contributed by atoms with van der Waals surface area (Å²) in [4.78, 5) is 11.5. The van der Waals surface area contributed by atoms with Crippen LogP contribution in [0.4, 0.5) is 0 Å². The van der Waals surface area contributed by atoms with Gasteiger partial charge in [-0.3, -0.25) is 4.98 Å². The Bertz CT molecular complexity index is 757. The topological polar surface area (TPSA) is 58.9 Å². The van der Waals surface area contributed by atoms with E-state index in [4.69, 9.17) is 12.2 Å². The molecule has 3 heterocycles. The van der Waals surface area contributed by atoms with Crippen molar-refractivity contribution >= 4 is 29.6 Å². The van der Waals surface area contributed by atoms with E-state index >= 15 is 0 Å². The molecule has 18 heavy (non-hydrogen) atoms. The number of aromatic amines is 1. The number of pyridine rings is 2. The Hall–Kier alpha value is -2.34. The van der Waals surface area contributed by atoms with Gasteiger partial charge in [-0.1, -0.05) is 6.07 Å². The summed E-state index contributed by atoms with van der Waals surface area (Å²) in [5, 5.41) is 4.30. The molecule has 3 rings (SSSR count). The normalized spacial score (nSPS) is 11.3.